The minimum Gasteiger partial charge on any atom is -0.359 e. The summed E-state index contributed by atoms with van der Waals surface area (Å²) < 4.78 is 0. The molecule has 5 nitrogen and oxygen atoms in total. The van der Waals surface area contributed by atoms with E-state index in [9.17, 15) is 9.59 Å². The van der Waals surface area contributed by atoms with Crippen molar-refractivity contribution in [1.29, 1.82) is 0 Å². The number of nitrogens with one attached hydrogen (secondary N) is 1. The van der Waals surface area contributed by atoms with Gasteiger partial charge in [-0.3, -0.25) is 9.59 Å². The Morgan fingerprint density at radius 1 is 1.19 bits per heavy atom. The van der Waals surface area contributed by atoms with Gasteiger partial charge in [-0.15, -0.1) is 0 Å². The fraction of sp³-hybridized carbons (Fsp3) is 0.636. The zero-order valence-electron chi connectivity index (χ0n) is 16.3. The van der Waals surface area contributed by atoms with Crippen LogP contribution < -0.4 is 5.32 Å². The Labute approximate surface area is 162 Å². The van der Waals surface area contributed by atoms with Crippen molar-refractivity contribution < 1.29 is 9.59 Å². The monoisotopic (exact) mass is 369 g/mol. The number of rotatable bonds is 5. The second kappa shape index (κ2) is 7.63. The molecule has 3 fully saturated rings. The van der Waals surface area contributed by atoms with E-state index in [1.54, 1.807) is 7.05 Å². The van der Waals surface area contributed by atoms with Crippen molar-refractivity contribution in [1.82, 2.24) is 15.1 Å². The summed E-state index contributed by atoms with van der Waals surface area (Å²) >= 11 is 0. The highest BCUT2D eigenvalue weighted by Crippen LogP contribution is 2.48. The standard InChI is InChI=1S/C22H31N3O2/c1-23-20(26)9-12-24-13-10-22(11-14-24)15-19(17-5-3-2-4-6-17)21(27)25(16-22)18-7-8-18/h2-6,18-19H,7-16H2,1H3,(H,23,26). The van der Waals surface area contributed by atoms with Crippen molar-refractivity contribution in [3.63, 3.8) is 0 Å². The van der Waals surface area contributed by atoms with Crippen LogP contribution >= 0.6 is 0 Å². The van der Waals surface area contributed by atoms with E-state index in [0.29, 0.717) is 18.4 Å². The summed E-state index contributed by atoms with van der Waals surface area (Å²) in [6.45, 7) is 3.84. The predicted octanol–water partition coefficient (Wildman–Crippen LogP) is 2.38. The summed E-state index contributed by atoms with van der Waals surface area (Å²) in [5, 5.41) is 2.71. The van der Waals surface area contributed by atoms with E-state index in [-0.39, 0.29) is 17.2 Å². The highest BCUT2D eigenvalue weighted by Gasteiger charge is 2.49. The Bertz CT molecular complexity index is 678. The van der Waals surface area contributed by atoms with Crippen LogP contribution in [0.5, 0.6) is 0 Å². The molecule has 1 aliphatic carbocycles. The average molecular weight is 370 g/mol. The van der Waals surface area contributed by atoms with Gasteiger partial charge in [0.05, 0.1) is 5.92 Å². The summed E-state index contributed by atoms with van der Waals surface area (Å²) in [5.74, 6) is 0.469. The van der Waals surface area contributed by atoms with Crippen LogP contribution in [0.1, 0.15) is 50.0 Å². The Morgan fingerprint density at radius 3 is 2.52 bits per heavy atom. The summed E-state index contributed by atoms with van der Waals surface area (Å²) in [5.41, 5.74) is 1.41. The van der Waals surface area contributed by atoms with Crippen LogP contribution in [0.2, 0.25) is 0 Å². The fourth-order valence-electron chi connectivity index (χ4n) is 4.86. The first-order valence-electron chi connectivity index (χ1n) is 10.4. The molecule has 1 unspecified atom stereocenters. The molecule has 0 bridgehead atoms. The molecule has 0 aromatic heterocycles. The number of benzene rings is 1. The van der Waals surface area contributed by atoms with Crippen LogP contribution in [0.4, 0.5) is 0 Å². The molecule has 1 spiro atoms. The van der Waals surface area contributed by atoms with Gasteiger partial charge in [-0.2, -0.15) is 0 Å². The van der Waals surface area contributed by atoms with Gasteiger partial charge in [0.15, 0.2) is 0 Å². The van der Waals surface area contributed by atoms with Crippen molar-refractivity contribution in [3.05, 3.63) is 35.9 Å². The number of hydrogen-bond acceptors (Lipinski definition) is 3. The number of carbonyl (C=O) groups excluding carboxylic acids is 2. The number of likely N-dealkylation sites (tertiary alicyclic amines) is 2. The Balaban J connectivity index is 1.46. The third-order valence-corrected chi connectivity index (χ3v) is 6.76. The van der Waals surface area contributed by atoms with Crippen LogP contribution in [0.15, 0.2) is 30.3 Å². The minimum absolute atomic E-state index is 0.0120. The van der Waals surface area contributed by atoms with Gasteiger partial charge in [0.1, 0.15) is 0 Å². The topological polar surface area (TPSA) is 52.7 Å². The van der Waals surface area contributed by atoms with Crippen LogP contribution in [0.25, 0.3) is 0 Å². The molecule has 1 saturated carbocycles. The quantitative estimate of drug-likeness (QED) is 0.867. The fourth-order valence-corrected chi connectivity index (χ4v) is 4.86. The van der Waals surface area contributed by atoms with Gasteiger partial charge in [0.2, 0.25) is 11.8 Å². The number of piperidine rings is 2. The number of carbonyl (C=O) groups is 2. The van der Waals surface area contributed by atoms with Gasteiger partial charge < -0.3 is 15.1 Å². The molecule has 1 aromatic carbocycles. The molecule has 3 aliphatic rings. The van der Waals surface area contributed by atoms with Gasteiger partial charge in [-0.25, -0.2) is 0 Å². The summed E-state index contributed by atoms with van der Waals surface area (Å²) in [6.07, 6.45) is 6.13. The highest BCUT2D eigenvalue weighted by molar-refractivity contribution is 5.85. The van der Waals surface area contributed by atoms with Crippen molar-refractivity contribution >= 4 is 11.8 Å². The van der Waals surface area contributed by atoms with Gasteiger partial charge in [0.25, 0.3) is 0 Å². The summed E-state index contributed by atoms with van der Waals surface area (Å²) in [6, 6.07) is 10.8. The Hall–Kier alpha value is -1.88. The Morgan fingerprint density at radius 2 is 1.89 bits per heavy atom. The van der Waals surface area contributed by atoms with E-state index in [4.69, 9.17) is 0 Å². The number of nitrogens with zero attached hydrogens (tertiary/aromatic N) is 2. The summed E-state index contributed by atoms with van der Waals surface area (Å²) in [7, 11) is 1.70. The molecule has 146 valence electrons. The molecule has 5 heteroatoms. The molecule has 2 saturated heterocycles. The largest absolute Gasteiger partial charge is 0.359 e. The maximum Gasteiger partial charge on any atom is 0.230 e. The lowest BCUT2D eigenvalue weighted by Gasteiger charge is -2.50. The molecule has 1 atom stereocenters. The van der Waals surface area contributed by atoms with E-state index in [2.05, 4.69) is 27.2 Å². The van der Waals surface area contributed by atoms with Gasteiger partial charge >= 0.3 is 0 Å². The molecule has 2 amide bonds. The van der Waals surface area contributed by atoms with E-state index in [1.165, 1.54) is 18.4 Å². The maximum absolute atomic E-state index is 13.2. The molecule has 27 heavy (non-hydrogen) atoms. The van der Waals surface area contributed by atoms with Gasteiger partial charge in [-0.05, 0) is 56.2 Å². The minimum atomic E-state index is 0.0120. The van der Waals surface area contributed by atoms with E-state index < -0.39 is 0 Å². The average Bonchev–Trinajstić information content (AvgIpc) is 3.55. The molecule has 2 aliphatic heterocycles. The van der Waals surface area contributed by atoms with Crippen molar-refractivity contribution in [2.45, 2.75) is 50.5 Å². The second-order valence-corrected chi connectivity index (χ2v) is 8.63. The van der Waals surface area contributed by atoms with Crippen LogP contribution in [-0.2, 0) is 9.59 Å². The van der Waals surface area contributed by atoms with Gasteiger partial charge in [0, 0.05) is 32.6 Å². The molecule has 0 radical (unpaired) electrons. The summed E-state index contributed by atoms with van der Waals surface area (Å²) in [4.78, 5) is 29.3. The Kier molecular flexibility index (Phi) is 5.22. The first-order chi connectivity index (χ1) is 13.1. The van der Waals surface area contributed by atoms with E-state index >= 15 is 0 Å². The lowest BCUT2D eigenvalue weighted by atomic mass is 9.67. The first-order valence-corrected chi connectivity index (χ1v) is 10.4. The normalized spacial score (nSPS) is 25.6. The third-order valence-electron chi connectivity index (χ3n) is 6.76. The molecule has 1 N–H and O–H groups in total. The molecule has 2 heterocycles. The van der Waals surface area contributed by atoms with Crippen LogP contribution in [-0.4, -0.2) is 60.9 Å². The lowest BCUT2D eigenvalue weighted by Crippen LogP contribution is -2.54. The molecule has 1 aromatic rings. The van der Waals surface area contributed by atoms with Crippen molar-refractivity contribution in [3.8, 4) is 0 Å². The van der Waals surface area contributed by atoms with Gasteiger partial charge in [-0.1, -0.05) is 30.3 Å². The third kappa shape index (κ3) is 4.03. The van der Waals surface area contributed by atoms with Crippen molar-refractivity contribution in [2.24, 2.45) is 5.41 Å². The number of amides is 2. The first kappa shape index (κ1) is 18.5. The van der Waals surface area contributed by atoms with Crippen LogP contribution in [0, 0.1) is 5.41 Å². The second-order valence-electron chi connectivity index (χ2n) is 8.63. The predicted molar refractivity (Wildman–Crippen MR) is 105 cm³/mol. The smallest absolute Gasteiger partial charge is 0.230 e. The van der Waals surface area contributed by atoms with E-state index in [0.717, 1.165) is 45.4 Å². The molecule has 4 rings (SSSR count). The highest BCUT2D eigenvalue weighted by atomic mass is 16.2. The van der Waals surface area contributed by atoms with E-state index in [1.807, 2.05) is 18.2 Å². The lowest BCUT2D eigenvalue weighted by molar-refractivity contribution is -0.142. The molecular formula is C22H31N3O2. The number of hydrogen-bond donors (Lipinski definition) is 1. The maximum atomic E-state index is 13.2. The molecular weight excluding hydrogens is 338 g/mol. The van der Waals surface area contributed by atoms with Crippen molar-refractivity contribution in [2.75, 3.05) is 33.2 Å². The van der Waals surface area contributed by atoms with Crippen LogP contribution in [0.3, 0.4) is 0 Å². The SMILES string of the molecule is CNC(=O)CCN1CCC2(CC1)CC(c1ccccc1)C(=O)N(C1CC1)C2. The zero-order chi connectivity index (χ0) is 18.9. The zero-order valence-corrected chi connectivity index (χ0v) is 16.3.